The van der Waals surface area contributed by atoms with E-state index in [9.17, 15) is 18.4 Å². The fraction of sp³-hybridized carbons (Fsp3) is 0.304. The van der Waals surface area contributed by atoms with Gasteiger partial charge in [-0.25, -0.2) is 8.78 Å². The normalized spacial score (nSPS) is 14.0. The average Bonchev–Trinajstić information content (AvgIpc) is 3.28. The van der Waals surface area contributed by atoms with Crippen molar-refractivity contribution in [2.24, 2.45) is 0 Å². The predicted molar refractivity (Wildman–Crippen MR) is 112 cm³/mol. The molecule has 0 unspecified atom stereocenters. The second kappa shape index (κ2) is 9.25. The van der Waals surface area contributed by atoms with Crippen LogP contribution < -0.4 is 0 Å². The van der Waals surface area contributed by atoms with Crippen LogP contribution in [-0.4, -0.2) is 57.9 Å². The van der Waals surface area contributed by atoms with Gasteiger partial charge in [0.1, 0.15) is 11.6 Å². The zero-order valence-corrected chi connectivity index (χ0v) is 17.6. The molecule has 0 radical (unpaired) electrons. The third-order valence-corrected chi connectivity index (χ3v) is 5.46. The molecule has 1 saturated heterocycles. The van der Waals surface area contributed by atoms with Crippen molar-refractivity contribution in [1.82, 2.24) is 19.9 Å². The van der Waals surface area contributed by atoms with E-state index in [1.165, 1.54) is 18.2 Å². The van der Waals surface area contributed by atoms with Gasteiger partial charge in [0.05, 0.1) is 0 Å². The summed E-state index contributed by atoms with van der Waals surface area (Å²) in [7, 11) is 0. The minimum absolute atomic E-state index is 0.0694. The van der Waals surface area contributed by atoms with Crippen LogP contribution in [-0.2, 0) is 11.2 Å². The van der Waals surface area contributed by atoms with Crippen LogP contribution in [0.25, 0.3) is 11.4 Å². The molecule has 1 fully saturated rings. The van der Waals surface area contributed by atoms with E-state index in [2.05, 4.69) is 10.1 Å². The molecule has 0 spiro atoms. The second-order valence-corrected chi connectivity index (χ2v) is 7.66. The van der Waals surface area contributed by atoms with Gasteiger partial charge in [0.25, 0.3) is 5.91 Å². The van der Waals surface area contributed by atoms with E-state index in [0.717, 1.165) is 0 Å². The molecule has 1 aliphatic heterocycles. The highest BCUT2D eigenvalue weighted by molar-refractivity contribution is 5.94. The summed E-state index contributed by atoms with van der Waals surface area (Å²) in [5.74, 6) is -0.403. The highest BCUT2D eigenvalue weighted by Crippen LogP contribution is 2.17. The summed E-state index contributed by atoms with van der Waals surface area (Å²) in [5, 5.41) is 3.87. The van der Waals surface area contributed by atoms with Gasteiger partial charge < -0.3 is 14.3 Å². The lowest BCUT2D eigenvalue weighted by Gasteiger charge is -2.34. The SMILES string of the molecule is Cc1ccc(C(=O)N2CCN(C(=O)CCc3nc(-c4ccc(F)cc4)no3)CC2)cc1F. The number of aryl methyl sites for hydroxylation is 2. The van der Waals surface area contributed by atoms with Gasteiger partial charge in [0, 0.05) is 50.1 Å². The standard InChI is InChI=1S/C23H22F2N4O3/c1-15-2-3-17(14-19(15)25)23(31)29-12-10-28(11-13-29)21(30)9-8-20-26-22(27-32-20)16-4-6-18(24)7-5-16/h2-7,14H,8-13H2,1H3. The van der Waals surface area contributed by atoms with Crippen molar-refractivity contribution < 1.29 is 22.9 Å². The van der Waals surface area contributed by atoms with Crippen LogP contribution in [0.2, 0.25) is 0 Å². The van der Waals surface area contributed by atoms with Crippen molar-refractivity contribution in [1.29, 1.82) is 0 Å². The Morgan fingerprint density at radius 2 is 1.69 bits per heavy atom. The highest BCUT2D eigenvalue weighted by Gasteiger charge is 2.25. The molecule has 1 aliphatic rings. The third kappa shape index (κ3) is 4.82. The molecule has 0 N–H and O–H groups in total. The van der Waals surface area contributed by atoms with Crippen molar-refractivity contribution in [3.63, 3.8) is 0 Å². The molecule has 166 valence electrons. The molecule has 4 rings (SSSR count). The molecule has 32 heavy (non-hydrogen) atoms. The number of hydrogen-bond donors (Lipinski definition) is 0. The third-order valence-electron chi connectivity index (χ3n) is 5.46. The maximum atomic E-state index is 13.8. The predicted octanol–water partition coefficient (Wildman–Crippen LogP) is 3.24. The molecule has 0 aliphatic carbocycles. The van der Waals surface area contributed by atoms with E-state index in [1.807, 2.05) is 0 Å². The summed E-state index contributed by atoms with van der Waals surface area (Å²) in [6.45, 7) is 3.23. The van der Waals surface area contributed by atoms with Gasteiger partial charge in [0.15, 0.2) is 0 Å². The smallest absolute Gasteiger partial charge is 0.254 e. The first-order chi connectivity index (χ1) is 15.4. The highest BCUT2D eigenvalue weighted by atomic mass is 19.1. The Morgan fingerprint density at radius 1 is 1.00 bits per heavy atom. The summed E-state index contributed by atoms with van der Waals surface area (Å²) in [4.78, 5) is 32.7. The van der Waals surface area contributed by atoms with Gasteiger partial charge in [-0.05, 0) is 48.9 Å². The first kappa shape index (κ1) is 21.6. The molecule has 2 heterocycles. The largest absolute Gasteiger partial charge is 0.339 e. The fourth-order valence-electron chi connectivity index (χ4n) is 3.51. The number of aromatic nitrogens is 2. The first-order valence-electron chi connectivity index (χ1n) is 10.3. The zero-order chi connectivity index (χ0) is 22.7. The second-order valence-electron chi connectivity index (χ2n) is 7.66. The molecule has 2 amide bonds. The van der Waals surface area contributed by atoms with E-state index in [0.29, 0.717) is 54.6 Å². The van der Waals surface area contributed by atoms with Crippen molar-refractivity contribution in [2.45, 2.75) is 19.8 Å². The van der Waals surface area contributed by atoms with Gasteiger partial charge in [-0.15, -0.1) is 0 Å². The minimum Gasteiger partial charge on any atom is -0.339 e. The topological polar surface area (TPSA) is 79.5 Å². The summed E-state index contributed by atoms with van der Waals surface area (Å²) in [6, 6.07) is 10.2. The van der Waals surface area contributed by atoms with Crippen molar-refractivity contribution >= 4 is 11.8 Å². The Kier molecular flexibility index (Phi) is 6.25. The van der Waals surface area contributed by atoms with Gasteiger partial charge in [-0.3, -0.25) is 9.59 Å². The van der Waals surface area contributed by atoms with Crippen molar-refractivity contribution in [3.05, 3.63) is 71.1 Å². The molecule has 3 aromatic rings. The number of carbonyl (C=O) groups excluding carboxylic acids is 2. The summed E-state index contributed by atoms with van der Waals surface area (Å²) in [6.07, 6.45) is 0.483. The number of rotatable bonds is 5. The Balaban J connectivity index is 1.27. The number of hydrogen-bond acceptors (Lipinski definition) is 5. The zero-order valence-electron chi connectivity index (χ0n) is 17.6. The maximum Gasteiger partial charge on any atom is 0.254 e. The Morgan fingerprint density at radius 3 is 2.38 bits per heavy atom. The molecule has 9 heteroatoms. The van der Waals surface area contributed by atoms with E-state index in [4.69, 9.17) is 4.52 Å². The average molecular weight is 440 g/mol. The van der Waals surface area contributed by atoms with Gasteiger partial charge in [0.2, 0.25) is 17.6 Å². The summed E-state index contributed by atoms with van der Waals surface area (Å²) in [5.41, 5.74) is 1.42. The summed E-state index contributed by atoms with van der Waals surface area (Å²) >= 11 is 0. The molecule has 0 saturated carbocycles. The Bertz CT molecular complexity index is 1120. The molecular weight excluding hydrogens is 418 g/mol. The van der Waals surface area contributed by atoms with Crippen molar-refractivity contribution in [2.75, 3.05) is 26.2 Å². The lowest BCUT2D eigenvalue weighted by atomic mass is 10.1. The summed E-state index contributed by atoms with van der Waals surface area (Å²) < 4.78 is 32.0. The molecular formula is C23H22F2N4O3. The van der Waals surface area contributed by atoms with E-state index in [1.54, 1.807) is 41.0 Å². The van der Waals surface area contributed by atoms with Crippen LogP contribution in [0.4, 0.5) is 8.78 Å². The van der Waals surface area contributed by atoms with Gasteiger partial charge >= 0.3 is 0 Å². The number of carbonyl (C=O) groups is 2. The fourth-order valence-corrected chi connectivity index (χ4v) is 3.51. The molecule has 0 atom stereocenters. The number of halogens is 2. The monoisotopic (exact) mass is 440 g/mol. The quantitative estimate of drug-likeness (QED) is 0.609. The van der Waals surface area contributed by atoms with E-state index < -0.39 is 5.82 Å². The van der Waals surface area contributed by atoms with Crippen LogP contribution >= 0.6 is 0 Å². The van der Waals surface area contributed by atoms with Crippen LogP contribution in [0.3, 0.4) is 0 Å². The van der Waals surface area contributed by atoms with Crippen LogP contribution in [0.15, 0.2) is 47.0 Å². The Labute approximate surface area is 183 Å². The molecule has 2 aromatic carbocycles. The van der Waals surface area contributed by atoms with Gasteiger partial charge in [-0.1, -0.05) is 11.2 Å². The minimum atomic E-state index is -0.409. The molecule has 7 nitrogen and oxygen atoms in total. The number of nitrogens with zero attached hydrogens (tertiary/aromatic N) is 4. The maximum absolute atomic E-state index is 13.8. The lowest BCUT2D eigenvalue weighted by molar-refractivity contribution is -0.132. The van der Waals surface area contributed by atoms with Gasteiger partial charge in [-0.2, -0.15) is 4.98 Å². The van der Waals surface area contributed by atoms with E-state index in [-0.39, 0.29) is 30.5 Å². The number of benzene rings is 2. The van der Waals surface area contributed by atoms with Crippen LogP contribution in [0.1, 0.15) is 28.2 Å². The number of piperazine rings is 1. The lowest BCUT2D eigenvalue weighted by Crippen LogP contribution is -2.50. The first-order valence-corrected chi connectivity index (χ1v) is 10.3. The number of amides is 2. The van der Waals surface area contributed by atoms with Crippen LogP contribution in [0.5, 0.6) is 0 Å². The van der Waals surface area contributed by atoms with Crippen molar-refractivity contribution in [3.8, 4) is 11.4 Å². The van der Waals surface area contributed by atoms with E-state index >= 15 is 0 Å². The molecule has 0 bridgehead atoms. The van der Waals surface area contributed by atoms with Crippen LogP contribution in [0, 0.1) is 18.6 Å². The Hall–Kier alpha value is -3.62. The molecule has 1 aromatic heterocycles.